The Balaban J connectivity index is 1.37. The zero-order chi connectivity index (χ0) is 33.9. The van der Waals surface area contributed by atoms with Gasteiger partial charge in [0, 0.05) is 42.8 Å². The highest BCUT2D eigenvalue weighted by Gasteiger charge is 2.48. The summed E-state index contributed by atoms with van der Waals surface area (Å²) in [7, 11) is 1.79. The molecule has 0 saturated carbocycles. The SMILES string of the molecule is C#Cc1c(F)ccc2cc(O)cc(-c3ncc4c(N5C[C@H]6CC(C#N)[C@@H](C5)N6C(=O)C=C)nc(OC[C@@H]5C[C@@H](F)CN5C)nc4c3F)c12. The molecule has 48 heavy (non-hydrogen) atoms. The first-order valence-electron chi connectivity index (χ1n) is 15.5. The molecular weight excluding hydrogens is 623 g/mol. The topological polar surface area (TPSA) is 119 Å². The molecular formula is C35H30F3N7O3. The molecule has 2 aromatic carbocycles. The lowest BCUT2D eigenvalue weighted by Gasteiger charge is -2.41. The first-order valence-corrected chi connectivity index (χ1v) is 15.5. The molecule has 1 amide bonds. The summed E-state index contributed by atoms with van der Waals surface area (Å²) in [5, 5.41) is 21.2. The average molecular weight is 654 g/mol. The van der Waals surface area contributed by atoms with Gasteiger partial charge in [0.15, 0.2) is 5.82 Å². The number of likely N-dealkylation sites (N-methyl/N-ethyl adjacent to an activating group) is 1. The number of rotatable bonds is 6. The maximum absolute atomic E-state index is 16.8. The molecule has 3 saturated heterocycles. The number of benzene rings is 2. The summed E-state index contributed by atoms with van der Waals surface area (Å²) < 4.78 is 51.7. The number of terminal acetylenes is 1. The quantitative estimate of drug-likeness (QED) is 0.240. The van der Waals surface area contributed by atoms with Crippen molar-refractivity contribution in [2.45, 2.75) is 37.1 Å². The molecule has 3 aliphatic heterocycles. The first kappa shape index (κ1) is 31.2. The molecule has 0 radical (unpaired) electrons. The highest BCUT2D eigenvalue weighted by atomic mass is 19.1. The number of pyridine rings is 1. The zero-order valence-corrected chi connectivity index (χ0v) is 25.9. The van der Waals surface area contributed by atoms with E-state index in [1.54, 1.807) is 11.9 Å². The van der Waals surface area contributed by atoms with Crippen LogP contribution < -0.4 is 9.64 Å². The Kier molecular flexibility index (Phi) is 7.80. The van der Waals surface area contributed by atoms with Crippen LogP contribution in [0.1, 0.15) is 18.4 Å². The van der Waals surface area contributed by atoms with Crippen molar-refractivity contribution in [2.75, 3.05) is 38.2 Å². The lowest BCUT2D eigenvalue weighted by atomic mass is 9.96. The molecule has 244 valence electrons. The van der Waals surface area contributed by atoms with Gasteiger partial charge < -0.3 is 19.6 Å². The Morgan fingerprint density at radius 2 is 2.04 bits per heavy atom. The van der Waals surface area contributed by atoms with Gasteiger partial charge in [0.1, 0.15) is 41.4 Å². The number of hydrogen-bond donors (Lipinski definition) is 1. The molecule has 1 N–H and O–H groups in total. The summed E-state index contributed by atoms with van der Waals surface area (Å²) >= 11 is 0. The Labute approximate surface area is 274 Å². The predicted molar refractivity (Wildman–Crippen MR) is 172 cm³/mol. The van der Waals surface area contributed by atoms with Crippen molar-refractivity contribution in [3.05, 3.63) is 60.3 Å². The van der Waals surface area contributed by atoms with E-state index in [2.05, 4.69) is 33.5 Å². The number of phenolic OH excluding ortho intramolecular Hbond substituents is 1. The van der Waals surface area contributed by atoms with E-state index in [-0.39, 0.29) is 94.8 Å². The van der Waals surface area contributed by atoms with Crippen LogP contribution in [0.5, 0.6) is 11.8 Å². The minimum absolute atomic E-state index is 0.0484. The Bertz CT molecular complexity index is 2080. The second-order valence-corrected chi connectivity index (χ2v) is 12.5. The number of likely N-dealkylation sites (tertiary alicyclic amines) is 1. The van der Waals surface area contributed by atoms with Gasteiger partial charge in [-0.15, -0.1) is 6.42 Å². The smallest absolute Gasteiger partial charge is 0.319 e. The number of aromatic hydroxyl groups is 1. The van der Waals surface area contributed by atoms with E-state index < -0.39 is 29.8 Å². The van der Waals surface area contributed by atoms with E-state index in [0.29, 0.717) is 18.4 Å². The highest BCUT2D eigenvalue weighted by molar-refractivity contribution is 6.03. The molecule has 0 aliphatic carbocycles. The Hall–Kier alpha value is -5.40. The van der Waals surface area contributed by atoms with Gasteiger partial charge in [-0.3, -0.25) is 14.7 Å². The number of halogens is 3. The second kappa shape index (κ2) is 12.0. The van der Waals surface area contributed by atoms with E-state index in [0.717, 1.165) is 0 Å². The number of ether oxygens (including phenoxy) is 1. The van der Waals surface area contributed by atoms with Crippen LogP contribution in [0.4, 0.5) is 19.0 Å². The number of nitriles is 1. The summed E-state index contributed by atoms with van der Waals surface area (Å²) in [6.07, 6.45) is 7.99. The van der Waals surface area contributed by atoms with Gasteiger partial charge in [0.25, 0.3) is 0 Å². The van der Waals surface area contributed by atoms with Crippen LogP contribution in [0, 0.1) is 41.2 Å². The average Bonchev–Trinajstić information content (AvgIpc) is 3.52. The summed E-state index contributed by atoms with van der Waals surface area (Å²) in [6.45, 7) is 4.43. The maximum Gasteiger partial charge on any atom is 0.319 e. The predicted octanol–water partition coefficient (Wildman–Crippen LogP) is 4.35. The monoisotopic (exact) mass is 653 g/mol. The number of carbonyl (C=O) groups excluding carboxylic acids is 1. The summed E-state index contributed by atoms with van der Waals surface area (Å²) in [5.74, 6) is 0.127. The number of aromatic nitrogens is 3. The van der Waals surface area contributed by atoms with Crippen molar-refractivity contribution < 1.29 is 27.8 Å². The molecule has 13 heteroatoms. The van der Waals surface area contributed by atoms with Crippen molar-refractivity contribution in [3.8, 4) is 41.4 Å². The minimum Gasteiger partial charge on any atom is -0.508 e. The molecule has 3 aliphatic rings. The first-order chi connectivity index (χ1) is 23.1. The number of anilines is 1. The van der Waals surface area contributed by atoms with E-state index >= 15 is 4.39 Å². The fourth-order valence-electron chi connectivity index (χ4n) is 7.37. The van der Waals surface area contributed by atoms with Gasteiger partial charge >= 0.3 is 6.01 Å². The van der Waals surface area contributed by atoms with Crippen LogP contribution in [-0.2, 0) is 4.79 Å². The fourth-order valence-corrected chi connectivity index (χ4v) is 7.37. The Morgan fingerprint density at radius 1 is 1.23 bits per heavy atom. The van der Waals surface area contributed by atoms with E-state index in [1.807, 2.05) is 9.80 Å². The molecule has 5 heterocycles. The van der Waals surface area contributed by atoms with Gasteiger partial charge in [0.05, 0.1) is 35.0 Å². The minimum atomic E-state index is -1.00. The lowest BCUT2D eigenvalue weighted by Crippen LogP contribution is -2.56. The number of phenols is 1. The second-order valence-electron chi connectivity index (χ2n) is 12.5. The van der Waals surface area contributed by atoms with Gasteiger partial charge in [-0.1, -0.05) is 18.6 Å². The molecule has 2 aromatic heterocycles. The zero-order valence-electron chi connectivity index (χ0n) is 25.9. The van der Waals surface area contributed by atoms with Crippen molar-refractivity contribution in [1.29, 1.82) is 5.26 Å². The molecule has 2 bridgehead atoms. The fraction of sp³-hybridized carbons (Fsp3) is 0.343. The normalized spacial score (nSPS) is 23.8. The van der Waals surface area contributed by atoms with E-state index in [9.17, 15) is 23.9 Å². The van der Waals surface area contributed by atoms with Crippen LogP contribution in [0.25, 0.3) is 32.9 Å². The van der Waals surface area contributed by atoms with E-state index in [4.69, 9.17) is 11.2 Å². The van der Waals surface area contributed by atoms with Crippen LogP contribution in [-0.4, -0.2) is 93.4 Å². The van der Waals surface area contributed by atoms with Gasteiger partial charge in [-0.2, -0.15) is 15.2 Å². The number of fused-ring (bicyclic) bond motifs is 4. The molecule has 0 spiro atoms. The third-order valence-electron chi connectivity index (χ3n) is 9.61. The highest BCUT2D eigenvalue weighted by Crippen LogP contribution is 2.41. The van der Waals surface area contributed by atoms with Crippen LogP contribution >= 0.6 is 0 Å². The van der Waals surface area contributed by atoms with Crippen molar-refractivity contribution in [1.82, 2.24) is 24.8 Å². The van der Waals surface area contributed by atoms with Crippen molar-refractivity contribution in [2.24, 2.45) is 5.92 Å². The number of carbonyl (C=O) groups is 1. The molecule has 7 rings (SSSR count). The summed E-state index contributed by atoms with van der Waals surface area (Å²) in [5.41, 5.74) is -0.444. The molecule has 5 atom stereocenters. The number of nitrogens with zero attached hydrogens (tertiary/aromatic N) is 7. The summed E-state index contributed by atoms with van der Waals surface area (Å²) in [4.78, 5) is 31.6. The van der Waals surface area contributed by atoms with Crippen LogP contribution in [0.15, 0.2) is 43.1 Å². The third-order valence-corrected chi connectivity index (χ3v) is 9.61. The van der Waals surface area contributed by atoms with Crippen molar-refractivity contribution >= 4 is 33.4 Å². The molecule has 1 unspecified atom stereocenters. The third kappa shape index (κ3) is 5.11. The number of piperazine rings is 1. The summed E-state index contributed by atoms with van der Waals surface area (Å²) in [6, 6.07) is 6.37. The molecule has 3 fully saturated rings. The van der Waals surface area contributed by atoms with Gasteiger partial charge in [0.2, 0.25) is 5.91 Å². The lowest BCUT2D eigenvalue weighted by molar-refractivity contribution is -0.129. The van der Waals surface area contributed by atoms with Crippen molar-refractivity contribution in [3.63, 3.8) is 0 Å². The van der Waals surface area contributed by atoms with Crippen LogP contribution in [0.2, 0.25) is 0 Å². The van der Waals surface area contributed by atoms with Gasteiger partial charge in [-0.05, 0) is 49.6 Å². The number of hydrogen-bond acceptors (Lipinski definition) is 9. The van der Waals surface area contributed by atoms with Crippen LogP contribution in [0.3, 0.4) is 0 Å². The standard InChI is InChI=1S/C35H30F3N7O3/c1-4-24-27(37)7-6-18-9-23(46)11-25(30(18)24)32-31(38)33-26(13-40-32)34(42-35(41-33)48-17-22-10-20(36)14-43(22)3)44-15-21-8-19(12-39)28(16-44)45(21)29(47)5-2/h1,5-7,9,11,13,19-22,28,46H,2,8,10,14-17H2,3H3/t19?,20-,21-,22+,28-/m1/s1. The molecule has 4 aromatic rings. The maximum atomic E-state index is 16.8. The largest absolute Gasteiger partial charge is 0.508 e. The van der Waals surface area contributed by atoms with Gasteiger partial charge in [-0.25, -0.2) is 13.2 Å². The molecule has 10 nitrogen and oxygen atoms in total. The number of alkyl halides is 1. The number of amides is 1. The van der Waals surface area contributed by atoms with E-state index in [1.165, 1.54) is 36.5 Å². The Morgan fingerprint density at radius 3 is 2.75 bits per heavy atom.